The van der Waals surface area contributed by atoms with E-state index in [-0.39, 0.29) is 5.92 Å². The monoisotopic (exact) mass is 346 g/mol. The van der Waals surface area contributed by atoms with Gasteiger partial charge in [0.2, 0.25) is 0 Å². The van der Waals surface area contributed by atoms with Crippen LogP contribution in [-0.2, 0) is 14.3 Å². The molecule has 0 unspecified atom stereocenters. The molecule has 0 aromatic heterocycles. The van der Waals surface area contributed by atoms with E-state index in [1.165, 1.54) is 0 Å². The molecule has 6 nitrogen and oxygen atoms in total. The predicted molar refractivity (Wildman–Crippen MR) is 85.2 cm³/mol. The number of fused-ring (bicyclic) bond motifs is 1. The van der Waals surface area contributed by atoms with E-state index in [9.17, 15) is 24.9 Å². The molecular weight excluding hydrogens is 324 g/mol. The third kappa shape index (κ3) is 1.36. The van der Waals surface area contributed by atoms with Crippen LogP contribution in [0.1, 0.15) is 32.6 Å². The van der Waals surface area contributed by atoms with Gasteiger partial charge in [0.25, 0.3) is 0 Å². The fourth-order valence-corrected chi connectivity index (χ4v) is 7.13. The number of rotatable bonds is 1. The number of carbonyl (C=O) groups excluding carboxylic acids is 1. The molecule has 1 spiro atoms. The molecule has 1 heterocycles. The summed E-state index contributed by atoms with van der Waals surface area (Å²) in [5.74, 6) is -3.18. The number of esters is 1. The van der Waals surface area contributed by atoms with Gasteiger partial charge in [-0.1, -0.05) is 12.7 Å². The van der Waals surface area contributed by atoms with E-state index in [1.54, 1.807) is 19.1 Å². The second-order valence-corrected chi connectivity index (χ2v) is 8.94. The summed E-state index contributed by atoms with van der Waals surface area (Å²) in [6.45, 7) is 5.64. The zero-order valence-electron chi connectivity index (χ0n) is 14.1. The van der Waals surface area contributed by atoms with Crippen LogP contribution in [0.15, 0.2) is 24.3 Å². The van der Waals surface area contributed by atoms with Crippen molar-refractivity contribution in [2.45, 2.75) is 49.9 Å². The Labute approximate surface area is 145 Å². The largest absolute Gasteiger partial charge is 0.481 e. The van der Waals surface area contributed by atoms with Gasteiger partial charge in [0.05, 0.1) is 17.6 Å². The number of carboxylic acids is 1. The highest BCUT2D eigenvalue weighted by Crippen LogP contribution is 2.77. The van der Waals surface area contributed by atoms with Gasteiger partial charge in [-0.3, -0.25) is 9.59 Å². The SMILES string of the molecule is C=C1C[C@]23C[C@]1(O)CC[C@@H]2[C@@]12C=C[C@@H](O)[C@](C)(C(=O)O1)[C@H]2[C@H]3C(=O)O. The van der Waals surface area contributed by atoms with Gasteiger partial charge in [0, 0.05) is 11.8 Å². The molecular formula is C19H22O6. The molecule has 134 valence electrons. The van der Waals surface area contributed by atoms with Gasteiger partial charge in [-0.25, -0.2) is 0 Å². The van der Waals surface area contributed by atoms with E-state index < -0.39 is 51.9 Å². The molecule has 1 saturated heterocycles. The van der Waals surface area contributed by atoms with Crippen molar-refractivity contribution in [1.82, 2.24) is 0 Å². The lowest BCUT2D eigenvalue weighted by atomic mass is 9.61. The first-order valence-corrected chi connectivity index (χ1v) is 8.86. The number of aliphatic hydroxyl groups excluding tert-OH is 1. The molecule has 0 aromatic carbocycles. The topological polar surface area (TPSA) is 104 Å². The maximum absolute atomic E-state index is 12.7. The normalized spacial score (nSPS) is 58.0. The van der Waals surface area contributed by atoms with Crippen LogP contribution < -0.4 is 0 Å². The van der Waals surface area contributed by atoms with Crippen LogP contribution in [0.3, 0.4) is 0 Å². The van der Waals surface area contributed by atoms with E-state index in [1.807, 2.05) is 0 Å². The second kappa shape index (κ2) is 4.01. The Hall–Kier alpha value is -1.66. The zero-order chi connectivity index (χ0) is 18.0. The lowest BCUT2D eigenvalue weighted by Gasteiger charge is -2.44. The van der Waals surface area contributed by atoms with Crippen LogP contribution in [-0.4, -0.2) is 44.6 Å². The number of carboxylic acid groups (broad SMARTS) is 1. The molecule has 6 heteroatoms. The summed E-state index contributed by atoms with van der Waals surface area (Å²) in [7, 11) is 0. The van der Waals surface area contributed by atoms with E-state index in [2.05, 4.69) is 6.58 Å². The average Bonchev–Trinajstić information content (AvgIpc) is 2.95. The zero-order valence-corrected chi connectivity index (χ0v) is 14.1. The van der Waals surface area contributed by atoms with Crippen LogP contribution in [0, 0.1) is 28.6 Å². The fraction of sp³-hybridized carbons (Fsp3) is 0.684. The van der Waals surface area contributed by atoms with Gasteiger partial charge in [-0.05, 0) is 49.7 Å². The lowest BCUT2D eigenvalue weighted by molar-refractivity contribution is -0.163. The Morgan fingerprint density at radius 3 is 2.84 bits per heavy atom. The predicted octanol–water partition coefficient (Wildman–Crippen LogP) is 1.03. The Morgan fingerprint density at radius 1 is 1.44 bits per heavy atom. The maximum atomic E-state index is 12.7. The molecule has 4 fully saturated rings. The quantitative estimate of drug-likeness (QED) is 0.484. The Bertz CT molecular complexity index is 772. The summed E-state index contributed by atoms with van der Waals surface area (Å²) in [5, 5.41) is 31.6. The molecule has 3 saturated carbocycles. The molecule has 4 aliphatic carbocycles. The number of ether oxygens (including phenoxy) is 1. The van der Waals surface area contributed by atoms with Crippen LogP contribution in [0.5, 0.6) is 0 Å². The number of aliphatic carboxylic acids is 1. The molecule has 5 rings (SSSR count). The van der Waals surface area contributed by atoms with Crippen molar-refractivity contribution in [1.29, 1.82) is 0 Å². The minimum atomic E-state index is -1.27. The van der Waals surface area contributed by atoms with Crippen LogP contribution in [0.2, 0.25) is 0 Å². The van der Waals surface area contributed by atoms with E-state index in [0.29, 0.717) is 31.3 Å². The third-order valence-corrected chi connectivity index (χ3v) is 8.12. The highest BCUT2D eigenvalue weighted by Gasteiger charge is 2.83. The van der Waals surface area contributed by atoms with Crippen molar-refractivity contribution >= 4 is 11.9 Å². The summed E-state index contributed by atoms with van der Waals surface area (Å²) in [6.07, 6.45) is 4.11. The smallest absolute Gasteiger partial charge is 0.316 e. The summed E-state index contributed by atoms with van der Waals surface area (Å²) >= 11 is 0. The van der Waals surface area contributed by atoms with Crippen molar-refractivity contribution in [3.05, 3.63) is 24.3 Å². The Kier molecular flexibility index (Phi) is 2.50. The minimum absolute atomic E-state index is 0.180. The molecule has 1 aliphatic heterocycles. The van der Waals surface area contributed by atoms with Gasteiger partial charge in [0.15, 0.2) is 0 Å². The maximum Gasteiger partial charge on any atom is 0.316 e. The number of hydrogen-bond donors (Lipinski definition) is 3. The van der Waals surface area contributed by atoms with Crippen molar-refractivity contribution in [3.8, 4) is 0 Å². The van der Waals surface area contributed by atoms with Crippen molar-refractivity contribution in [2.24, 2.45) is 28.6 Å². The van der Waals surface area contributed by atoms with E-state index in [0.717, 1.165) is 0 Å². The molecule has 0 radical (unpaired) electrons. The van der Waals surface area contributed by atoms with E-state index in [4.69, 9.17) is 4.74 Å². The molecule has 5 aliphatic rings. The minimum Gasteiger partial charge on any atom is -0.481 e. The van der Waals surface area contributed by atoms with Crippen LogP contribution >= 0.6 is 0 Å². The second-order valence-electron chi connectivity index (χ2n) is 8.94. The standard InChI is InChI=1S/C19H22O6/c1-9-7-17-8-18(9,24)5-3-10(17)19-6-4-11(20)16(2,15(23)25-19)13(19)12(17)14(21)22/h4,6,10-13,20,24H,1,3,5,7-8H2,2H3,(H,21,22)/t10-,11+,12-,13+,16-,17-,18+,19+/m0/s1. The summed E-state index contributed by atoms with van der Waals surface area (Å²) in [4.78, 5) is 25.1. The average molecular weight is 346 g/mol. The van der Waals surface area contributed by atoms with Crippen molar-refractivity contribution < 1.29 is 29.6 Å². The van der Waals surface area contributed by atoms with Gasteiger partial charge in [-0.15, -0.1) is 0 Å². The van der Waals surface area contributed by atoms with Gasteiger partial charge in [0.1, 0.15) is 11.0 Å². The van der Waals surface area contributed by atoms with Gasteiger partial charge in [-0.2, -0.15) is 0 Å². The Morgan fingerprint density at radius 2 is 2.16 bits per heavy atom. The first-order valence-electron chi connectivity index (χ1n) is 8.86. The first-order chi connectivity index (χ1) is 11.6. The number of hydrogen-bond acceptors (Lipinski definition) is 5. The number of aliphatic hydroxyl groups is 2. The van der Waals surface area contributed by atoms with Gasteiger partial charge >= 0.3 is 11.9 Å². The highest BCUT2D eigenvalue weighted by atomic mass is 16.6. The highest BCUT2D eigenvalue weighted by molar-refractivity contribution is 5.86. The number of carbonyl (C=O) groups is 2. The summed E-state index contributed by atoms with van der Waals surface area (Å²) in [5.41, 5.74) is -3.29. The van der Waals surface area contributed by atoms with Crippen LogP contribution in [0.4, 0.5) is 0 Å². The summed E-state index contributed by atoms with van der Waals surface area (Å²) in [6, 6.07) is 0. The third-order valence-electron chi connectivity index (χ3n) is 8.12. The fourth-order valence-electron chi connectivity index (χ4n) is 7.13. The molecule has 4 bridgehead atoms. The van der Waals surface area contributed by atoms with Crippen molar-refractivity contribution in [3.63, 3.8) is 0 Å². The van der Waals surface area contributed by atoms with Crippen LogP contribution in [0.25, 0.3) is 0 Å². The van der Waals surface area contributed by atoms with Crippen molar-refractivity contribution in [2.75, 3.05) is 0 Å². The lowest BCUT2D eigenvalue weighted by Crippen LogP contribution is -2.50. The van der Waals surface area contributed by atoms with Gasteiger partial charge < -0.3 is 20.1 Å². The molecule has 8 atom stereocenters. The molecule has 0 aromatic rings. The molecule has 0 amide bonds. The summed E-state index contributed by atoms with van der Waals surface area (Å²) < 4.78 is 5.87. The Balaban J connectivity index is 1.78. The van der Waals surface area contributed by atoms with E-state index >= 15 is 0 Å². The molecule has 3 N–H and O–H groups in total. The molecule has 25 heavy (non-hydrogen) atoms. The first kappa shape index (κ1) is 15.6.